The zero-order chi connectivity index (χ0) is 25.9. The third kappa shape index (κ3) is 2.94. The number of carbonyl (C=O) groups excluding carboxylic acids is 3. The molecule has 2 atom stereocenters. The number of amides is 3. The molecule has 8 rings (SSSR count). The SMILES string of the molecule is O=C(N/N=C/C12c3ccccc3C(c3ccccc31)C1C(=O)N(c3ccccc3)C(=O)C12)c1ccccc1. The van der Waals surface area contributed by atoms with Gasteiger partial charge in [0.15, 0.2) is 0 Å². The maximum Gasteiger partial charge on any atom is 0.271 e. The summed E-state index contributed by atoms with van der Waals surface area (Å²) in [7, 11) is 0. The molecule has 1 aliphatic heterocycles. The van der Waals surface area contributed by atoms with Gasteiger partial charge in [0.2, 0.25) is 11.8 Å². The molecule has 6 heteroatoms. The normalized spacial score (nSPS) is 24.7. The van der Waals surface area contributed by atoms with E-state index in [9.17, 15) is 14.4 Å². The summed E-state index contributed by atoms with van der Waals surface area (Å²) < 4.78 is 0. The molecule has 1 fully saturated rings. The number of imide groups is 1. The Morgan fingerprint density at radius 2 is 1.29 bits per heavy atom. The molecule has 4 aromatic carbocycles. The fraction of sp³-hybridized carbons (Fsp3) is 0.125. The van der Waals surface area contributed by atoms with E-state index in [1.54, 1.807) is 42.6 Å². The van der Waals surface area contributed by atoms with Gasteiger partial charge in [-0.1, -0.05) is 84.9 Å². The van der Waals surface area contributed by atoms with E-state index in [4.69, 9.17) is 0 Å². The summed E-state index contributed by atoms with van der Waals surface area (Å²) in [6.07, 6.45) is 1.68. The van der Waals surface area contributed by atoms with Crippen molar-refractivity contribution in [2.75, 3.05) is 4.90 Å². The lowest BCUT2D eigenvalue weighted by Gasteiger charge is -2.52. The molecular weight excluding hydrogens is 474 g/mol. The van der Waals surface area contributed by atoms with Crippen molar-refractivity contribution in [1.29, 1.82) is 0 Å². The molecule has 1 saturated heterocycles. The molecule has 3 amide bonds. The van der Waals surface area contributed by atoms with Crippen LogP contribution in [0.5, 0.6) is 0 Å². The van der Waals surface area contributed by atoms with E-state index in [0.29, 0.717) is 11.3 Å². The Morgan fingerprint density at radius 3 is 1.92 bits per heavy atom. The predicted molar refractivity (Wildman–Crippen MR) is 144 cm³/mol. The van der Waals surface area contributed by atoms with Gasteiger partial charge in [-0.3, -0.25) is 14.4 Å². The van der Waals surface area contributed by atoms with Gasteiger partial charge in [-0.15, -0.1) is 0 Å². The first-order valence-electron chi connectivity index (χ1n) is 12.6. The number of nitrogens with one attached hydrogen (secondary N) is 1. The molecule has 184 valence electrons. The maximum atomic E-state index is 14.2. The minimum atomic E-state index is -1.02. The van der Waals surface area contributed by atoms with Crippen LogP contribution in [0.15, 0.2) is 114 Å². The van der Waals surface area contributed by atoms with Gasteiger partial charge in [0.25, 0.3) is 5.91 Å². The van der Waals surface area contributed by atoms with Crippen molar-refractivity contribution < 1.29 is 14.4 Å². The Hall–Kier alpha value is -4.84. The fourth-order valence-corrected chi connectivity index (χ4v) is 6.73. The van der Waals surface area contributed by atoms with Crippen LogP contribution in [-0.4, -0.2) is 23.9 Å². The van der Waals surface area contributed by atoms with Crippen molar-refractivity contribution >= 4 is 29.6 Å². The lowest BCUT2D eigenvalue weighted by atomic mass is 9.47. The van der Waals surface area contributed by atoms with Crippen molar-refractivity contribution in [3.63, 3.8) is 0 Å². The summed E-state index contributed by atoms with van der Waals surface area (Å²) in [6.45, 7) is 0. The van der Waals surface area contributed by atoms with Crippen molar-refractivity contribution in [2.24, 2.45) is 16.9 Å². The molecule has 2 bridgehead atoms. The first-order valence-corrected chi connectivity index (χ1v) is 12.6. The summed E-state index contributed by atoms with van der Waals surface area (Å²) in [5.41, 5.74) is 6.60. The summed E-state index contributed by atoms with van der Waals surface area (Å²) >= 11 is 0. The van der Waals surface area contributed by atoms with Crippen LogP contribution in [0.25, 0.3) is 0 Å². The van der Waals surface area contributed by atoms with Crippen molar-refractivity contribution in [3.8, 4) is 0 Å². The van der Waals surface area contributed by atoms with Crippen molar-refractivity contribution in [1.82, 2.24) is 5.43 Å². The van der Waals surface area contributed by atoms with Crippen LogP contribution in [0.1, 0.15) is 38.5 Å². The van der Waals surface area contributed by atoms with E-state index >= 15 is 0 Å². The third-order valence-corrected chi connectivity index (χ3v) is 8.17. The molecule has 6 nitrogen and oxygen atoms in total. The van der Waals surface area contributed by atoms with Gasteiger partial charge in [-0.05, 0) is 46.5 Å². The molecule has 0 spiro atoms. The summed E-state index contributed by atoms with van der Waals surface area (Å²) in [5.74, 6) is -2.31. The summed E-state index contributed by atoms with van der Waals surface area (Å²) in [5, 5.41) is 4.45. The van der Waals surface area contributed by atoms with Gasteiger partial charge in [0, 0.05) is 17.7 Å². The molecule has 38 heavy (non-hydrogen) atoms. The molecule has 0 saturated carbocycles. The minimum absolute atomic E-state index is 0.202. The van der Waals surface area contributed by atoms with E-state index in [-0.39, 0.29) is 23.6 Å². The number of carbonyl (C=O) groups is 3. The Balaban J connectivity index is 1.42. The van der Waals surface area contributed by atoms with E-state index in [0.717, 1.165) is 22.3 Å². The van der Waals surface area contributed by atoms with Gasteiger partial charge in [0.1, 0.15) is 0 Å². The number of hydrazone groups is 1. The average Bonchev–Trinajstić information content (AvgIpc) is 3.24. The van der Waals surface area contributed by atoms with Gasteiger partial charge in [0.05, 0.1) is 22.9 Å². The quantitative estimate of drug-likeness (QED) is 0.253. The monoisotopic (exact) mass is 497 g/mol. The molecule has 4 aromatic rings. The lowest BCUT2D eigenvalue weighted by Crippen LogP contribution is -2.54. The van der Waals surface area contributed by atoms with Gasteiger partial charge in [-0.25, -0.2) is 10.3 Å². The second-order valence-corrected chi connectivity index (χ2v) is 9.94. The topological polar surface area (TPSA) is 78.8 Å². The molecule has 2 unspecified atom stereocenters. The molecule has 0 aromatic heterocycles. The first-order chi connectivity index (χ1) is 18.6. The zero-order valence-corrected chi connectivity index (χ0v) is 20.3. The third-order valence-electron chi connectivity index (χ3n) is 8.17. The standard InChI is InChI=1S/C32H23N3O3/c36-29(20-11-3-1-4-12-20)34-33-19-32-24-17-9-7-15-22(24)26(23-16-8-10-18-25(23)32)27-28(32)31(38)35(30(27)37)21-13-5-2-6-14-21/h1-19,26-28H,(H,34,36)/b33-19+. The number of rotatable bonds is 4. The molecule has 1 heterocycles. The molecule has 0 radical (unpaired) electrons. The van der Waals surface area contributed by atoms with E-state index in [1.165, 1.54) is 4.90 Å². The number of para-hydroxylation sites is 1. The van der Waals surface area contributed by atoms with Gasteiger partial charge >= 0.3 is 0 Å². The second kappa shape index (κ2) is 8.35. The van der Waals surface area contributed by atoms with E-state index in [1.807, 2.05) is 72.8 Å². The highest BCUT2D eigenvalue weighted by Crippen LogP contribution is 2.63. The van der Waals surface area contributed by atoms with Crippen LogP contribution in [-0.2, 0) is 15.0 Å². The largest absolute Gasteiger partial charge is 0.274 e. The number of hydrogen-bond acceptors (Lipinski definition) is 4. The van der Waals surface area contributed by atoms with Gasteiger partial charge in [-0.2, -0.15) is 5.10 Å². The van der Waals surface area contributed by atoms with Crippen LogP contribution in [0.2, 0.25) is 0 Å². The zero-order valence-electron chi connectivity index (χ0n) is 20.3. The number of benzene rings is 4. The molecular formula is C32H23N3O3. The highest BCUT2D eigenvalue weighted by molar-refractivity contribution is 6.25. The second-order valence-electron chi connectivity index (χ2n) is 9.94. The molecule has 1 N–H and O–H groups in total. The van der Waals surface area contributed by atoms with Crippen LogP contribution >= 0.6 is 0 Å². The Bertz CT molecular complexity index is 1580. The smallest absolute Gasteiger partial charge is 0.271 e. The van der Waals surface area contributed by atoms with Crippen molar-refractivity contribution in [2.45, 2.75) is 11.3 Å². The predicted octanol–water partition coefficient (Wildman–Crippen LogP) is 4.65. The lowest BCUT2D eigenvalue weighted by molar-refractivity contribution is -0.122. The number of hydrogen-bond donors (Lipinski definition) is 1. The Labute approximate surface area is 219 Å². The highest BCUT2D eigenvalue weighted by atomic mass is 16.2. The first kappa shape index (κ1) is 22.4. The summed E-state index contributed by atoms with van der Waals surface area (Å²) in [6, 6.07) is 33.9. The van der Waals surface area contributed by atoms with Crippen LogP contribution in [0, 0.1) is 11.8 Å². The fourth-order valence-electron chi connectivity index (χ4n) is 6.73. The average molecular weight is 498 g/mol. The van der Waals surface area contributed by atoms with E-state index in [2.05, 4.69) is 10.5 Å². The Kier molecular flexibility index (Phi) is 4.91. The van der Waals surface area contributed by atoms with Gasteiger partial charge < -0.3 is 0 Å². The highest BCUT2D eigenvalue weighted by Gasteiger charge is 2.68. The number of anilines is 1. The van der Waals surface area contributed by atoms with Crippen LogP contribution < -0.4 is 10.3 Å². The number of nitrogens with zero attached hydrogens (tertiary/aromatic N) is 2. The van der Waals surface area contributed by atoms with Crippen molar-refractivity contribution in [3.05, 3.63) is 137 Å². The molecule has 3 aliphatic carbocycles. The maximum absolute atomic E-state index is 14.2. The van der Waals surface area contributed by atoms with Crippen LogP contribution in [0.3, 0.4) is 0 Å². The minimum Gasteiger partial charge on any atom is -0.274 e. The molecule has 4 aliphatic rings. The van der Waals surface area contributed by atoms with E-state index < -0.39 is 17.3 Å². The van der Waals surface area contributed by atoms with Crippen LogP contribution in [0.4, 0.5) is 5.69 Å². The summed E-state index contributed by atoms with van der Waals surface area (Å²) in [4.78, 5) is 42.4. The Morgan fingerprint density at radius 1 is 0.737 bits per heavy atom.